The van der Waals surface area contributed by atoms with E-state index in [0.717, 1.165) is 24.3 Å². The van der Waals surface area contributed by atoms with Crippen LogP contribution in [0.2, 0.25) is 0 Å². The van der Waals surface area contributed by atoms with Crippen LogP contribution in [0.5, 0.6) is 5.75 Å². The number of likely N-dealkylation sites (tertiary alicyclic amines) is 1. The monoisotopic (exact) mass is 419 g/mol. The second-order valence-electron chi connectivity index (χ2n) is 6.89. The van der Waals surface area contributed by atoms with Crippen LogP contribution in [-0.2, 0) is 20.9 Å². The van der Waals surface area contributed by atoms with E-state index in [1.165, 1.54) is 4.90 Å². The highest BCUT2D eigenvalue weighted by molar-refractivity contribution is 5.96. The molecule has 2 aliphatic heterocycles. The summed E-state index contributed by atoms with van der Waals surface area (Å²) >= 11 is 0. The Bertz CT molecular complexity index is 808. The molecule has 10 nitrogen and oxygen atoms in total. The fraction of sp³-hybridized carbons (Fsp3) is 0.400. The largest absolute Gasteiger partial charge is 0.496 e. The number of rotatable bonds is 5. The summed E-state index contributed by atoms with van der Waals surface area (Å²) in [4.78, 5) is 45.1. The molecule has 2 fully saturated rings. The van der Waals surface area contributed by atoms with Gasteiger partial charge in [-0.2, -0.15) is 0 Å². The van der Waals surface area contributed by atoms with Crippen molar-refractivity contribution in [2.75, 3.05) is 26.7 Å². The van der Waals surface area contributed by atoms with Crippen LogP contribution < -0.4 is 15.4 Å². The molecule has 4 N–H and O–H groups in total. The number of nitrogens with one attached hydrogen (secondary N) is 2. The first-order valence-corrected chi connectivity index (χ1v) is 9.37. The fourth-order valence-electron chi connectivity index (χ4n) is 3.37. The highest BCUT2D eigenvalue weighted by Crippen LogP contribution is 2.25. The molecule has 0 aromatic heterocycles. The van der Waals surface area contributed by atoms with E-state index in [1.807, 2.05) is 24.3 Å². The molecule has 2 saturated heterocycles. The van der Waals surface area contributed by atoms with Crippen molar-refractivity contribution in [3.63, 3.8) is 0 Å². The molecule has 1 aromatic carbocycles. The maximum absolute atomic E-state index is 12.3. The number of hydrogen-bond donors (Lipinski definition) is 4. The van der Waals surface area contributed by atoms with Gasteiger partial charge in [0.05, 0.1) is 13.0 Å². The maximum atomic E-state index is 12.3. The number of hydrogen-bond acceptors (Lipinski definition) is 6. The minimum atomic E-state index is -1.26. The number of para-hydroxylation sites is 1. The van der Waals surface area contributed by atoms with Crippen molar-refractivity contribution >= 4 is 23.9 Å². The molecular formula is C20H25N3O7. The molecule has 10 heteroatoms. The van der Waals surface area contributed by atoms with Gasteiger partial charge in [-0.25, -0.2) is 14.4 Å². The molecule has 0 saturated carbocycles. The van der Waals surface area contributed by atoms with Gasteiger partial charge in [0, 0.05) is 37.3 Å². The number of aliphatic carboxylic acids is 2. The van der Waals surface area contributed by atoms with Crippen LogP contribution in [0.4, 0.5) is 4.79 Å². The van der Waals surface area contributed by atoms with E-state index in [9.17, 15) is 19.2 Å². The number of piperidine rings is 2. The highest BCUT2D eigenvalue weighted by Gasteiger charge is 2.39. The molecule has 0 radical (unpaired) electrons. The van der Waals surface area contributed by atoms with Crippen LogP contribution in [-0.4, -0.2) is 65.7 Å². The van der Waals surface area contributed by atoms with Gasteiger partial charge in [-0.05, 0) is 24.9 Å². The van der Waals surface area contributed by atoms with E-state index in [2.05, 4.69) is 10.6 Å². The predicted octanol–water partition coefficient (Wildman–Crippen LogP) is 0.685. The Balaban J connectivity index is 0.000000343. The Morgan fingerprint density at radius 2 is 1.87 bits per heavy atom. The summed E-state index contributed by atoms with van der Waals surface area (Å²) in [6.45, 7) is 2.39. The number of nitrogens with zero attached hydrogens (tertiary/aromatic N) is 1. The normalized spacial score (nSPS) is 20.2. The van der Waals surface area contributed by atoms with E-state index in [1.54, 1.807) is 7.11 Å². The molecule has 2 unspecified atom stereocenters. The summed E-state index contributed by atoms with van der Waals surface area (Å²) in [5.41, 5.74) is 0.893. The van der Waals surface area contributed by atoms with E-state index in [-0.39, 0.29) is 17.9 Å². The van der Waals surface area contributed by atoms with Gasteiger partial charge >= 0.3 is 18.0 Å². The van der Waals surface area contributed by atoms with Gasteiger partial charge in [-0.3, -0.25) is 9.69 Å². The van der Waals surface area contributed by atoms with Gasteiger partial charge in [0.25, 0.3) is 0 Å². The molecule has 3 rings (SSSR count). The van der Waals surface area contributed by atoms with Crippen molar-refractivity contribution in [2.45, 2.75) is 13.0 Å². The van der Waals surface area contributed by atoms with E-state index >= 15 is 0 Å². The van der Waals surface area contributed by atoms with Crippen LogP contribution in [0.25, 0.3) is 0 Å². The highest BCUT2D eigenvalue weighted by atomic mass is 16.5. The summed E-state index contributed by atoms with van der Waals surface area (Å²) in [5.74, 6) is -1.55. The van der Waals surface area contributed by atoms with Crippen LogP contribution in [0.15, 0.2) is 36.4 Å². The molecule has 162 valence electrons. The van der Waals surface area contributed by atoms with Crippen molar-refractivity contribution in [2.24, 2.45) is 11.8 Å². The lowest BCUT2D eigenvalue weighted by Crippen LogP contribution is -2.58. The summed E-state index contributed by atoms with van der Waals surface area (Å²) in [6.07, 6.45) is 2.01. The van der Waals surface area contributed by atoms with Gasteiger partial charge in [-0.1, -0.05) is 18.2 Å². The maximum Gasteiger partial charge on any atom is 0.328 e. The first kappa shape index (κ1) is 22.9. The summed E-state index contributed by atoms with van der Waals surface area (Å²) in [6, 6.07) is 7.21. The third kappa shape index (κ3) is 6.59. The van der Waals surface area contributed by atoms with E-state index < -0.39 is 11.9 Å². The van der Waals surface area contributed by atoms with Crippen molar-refractivity contribution in [1.29, 1.82) is 0 Å². The zero-order valence-corrected chi connectivity index (χ0v) is 16.5. The quantitative estimate of drug-likeness (QED) is 0.510. The summed E-state index contributed by atoms with van der Waals surface area (Å²) in [7, 11) is 1.60. The fourth-order valence-corrected chi connectivity index (χ4v) is 3.37. The number of carboxylic acid groups (broad SMARTS) is 2. The number of imide groups is 1. The number of carboxylic acids is 2. The number of fused-ring (bicyclic) bond motifs is 2. The minimum Gasteiger partial charge on any atom is -0.496 e. The second kappa shape index (κ2) is 11.0. The van der Waals surface area contributed by atoms with Gasteiger partial charge in [-0.15, -0.1) is 0 Å². The topological polar surface area (TPSA) is 145 Å². The molecule has 2 bridgehead atoms. The number of methoxy groups -OCH3 is 1. The molecule has 0 aliphatic carbocycles. The van der Waals surface area contributed by atoms with E-state index in [0.29, 0.717) is 37.7 Å². The van der Waals surface area contributed by atoms with Crippen LogP contribution in [0.3, 0.4) is 0 Å². The Morgan fingerprint density at radius 1 is 1.20 bits per heavy atom. The molecule has 2 heterocycles. The first-order valence-electron chi connectivity index (χ1n) is 9.37. The standard InChI is InChI=1S/C16H21N3O3.C4H4O4/c1-22-14-5-3-2-4-12(14)9-18-16(21)19-10-11-6-13(15(19)20)8-17-7-11;5-3(6)1-2-4(7)8/h2-5,11,13,17H,6-10H2,1H3,(H,18,21);1-2H,(H,5,6)(H,7,8)/b;2-1+. The van der Waals surface area contributed by atoms with Gasteiger partial charge in [0.2, 0.25) is 5.91 Å². The Hall–Kier alpha value is -3.40. The lowest BCUT2D eigenvalue weighted by atomic mass is 9.85. The number of carbonyl (C=O) groups excluding carboxylic acids is 2. The zero-order valence-electron chi connectivity index (χ0n) is 16.5. The number of ether oxygens (including phenoxy) is 1. The lowest BCUT2D eigenvalue weighted by Gasteiger charge is -2.39. The molecule has 1 aromatic rings. The second-order valence-corrected chi connectivity index (χ2v) is 6.89. The van der Waals surface area contributed by atoms with Crippen LogP contribution in [0, 0.1) is 11.8 Å². The smallest absolute Gasteiger partial charge is 0.328 e. The average Bonchev–Trinajstić information content (AvgIpc) is 2.74. The molecule has 30 heavy (non-hydrogen) atoms. The molecular weight excluding hydrogens is 394 g/mol. The predicted molar refractivity (Wildman–Crippen MR) is 106 cm³/mol. The minimum absolute atomic E-state index is 0.0653. The average molecular weight is 419 g/mol. The Labute approximate surface area is 173 Å². The third-order valence-corrected chi connectivity index (χ3v) is 4.73. The van der Waals surface area contributed by atoms with Crippen molar-refractivity contribution in [1.82, 2.24) is 15.5 Å². The summed E-state index contributed by atoms with van der Waals surface area (Å²) < 4.78 is 5.26. The van der Waals surface area contributed by atoms with Gasteiger partial charge in [0.15, 0.2) is 0 Å². The SMILES string of the molecule is COc1ccccc1CNC(=O)N1CC2CNCC(C2)C1=O.O=C(O)/C=C/C(=O)O. The van der Waals surface area contributed by atoms with Gasteiger partial charge in [0.1, 0.15) is 5.75 Å². The molecule has 2 aliphatic rings. The lowest BCUT2D eigenvalue weighted by molar-refractivity contribution is -0.137. The first-order chi connectivity index (χ1) is 14.3. The van der Waals surface area contributed by atoms with Crippen LogP contribution in [0.1, 0.15) is 12.0 Å². The number of amides is 3. The number of urea groups is 1. The van der Waals surface area contributed by atoms with E-state index in [4.69, 9.17) is 14.9 Å². The molecule has 2 atom stereocenters. The number of benzene rings is 1. The van der Waals surface area contributed by atoms with Gasteiger partial charge < -0.3 is 25.6 Å². The Morgan fingerprint density at radius 3 is 2.50 bits per heavy atom. The van der Waals surface area contributed by atoms with Crippen molar-refractivity contribution in [3.8, 4) is 5.75 Å². The molecule has 3 amide bonds. The molecule has 0 spiro atoms. The van der Waals surface area contributed by atoms with Crippen molar-refractivity contribution in [3.05, 3.63) is 42.0 Å². The third-order valence-electron chi connectivity index (χ3n) is 4.73. The summed E-state index contributed by atoms with van der Waals surface area (Å²) in [5, 5.41) is 21.7. The Kier molecular flexibility index (Phi) is 8.36. The van der Waals surface area contributed by atoms with Crippen LogP contribution >= 0.6 is 0 Å². The zero-order chi connectivity index (χ0) is 22.1. The number of carbonyl (C=O) groups is 4. The van der Waals surface area contributed by atoms with Crippen molar-refractivity contribution < 1.29 is 34.1 Å².